The van der Waals surface area contributed by atoms with Crippen molar-refractivity contribution in [3.8, 4) is 0 Å². The number of halogens is 2. The van der Waals surface area contributed by atoms with Gasteiger partial charge in [0, 0.05) is 12.1 Å². The Kier molecular flexibility index (Phi) is 4.37. The summed E-state index contributed by atoms with van der Waals surface area (Å²) in [6, 6.07) is 11.4. The molecule has 1 aromatic heterocycles. The maximum absolute atomic E-state index is 13.2. The fourth-order valence-electron chi connectivity index (χ4n) is 2.39. The fraction of sp³-hybridized carbons (Fsp3) is 0.111. The molecular formula is C18H14F2N2O2. The van der Waals surface area contributed by atoms with Crippen LogP contribution >= 0.6 is 0 Å². The van der Waals surface area contributed by atoms with Crippen molar-refractivity contribution in [2.45, 2.75) is 13.0 Å². The summed E-state index contributed by atoms with van der Waals surface area (Å²) in [7, 11) is 0. The van der Waals surface area contributed by atoms with E-state index in [0.717, 1.165) is 0 Å². The van der Waals surface area contributed by atoms with E-state index in [-0.39, 0.29) is 30.2 Å². The molecule has 3 aromatic rings. The molecule has 0 fully saturated rings. The van der Waals surface area contributed by atoms with E-state index in [1.807, 2.05) is 0 Å². The summed E-state index contributed by atoms with van der Waals surface area (Å²) >= 11 is 0. The van der Waals surface area contributed by atoms with E-state index in [0.29, 0.717) is 22.0 Å². The Morgan fingerprint density at radius 2 is 1.71 bits per heavy atom. The van der Waals surface area contributed by atoms with Crippen molar-refractivity contribution >= 4 is 16.8 Å². The first-order valence-electron chi connectivity index (χ1n) is 7.34. The van der Waals surface area contributed by atoms with Gasteiger partial charge in [0.1, 0.15) is 11.6 Å². The first-order chi connectivity index (χ1) is 11.5. The molecule has 1 amide bonds. The monoisotopic (exact) mass is 328 g/mol. The van der Waals surface area contributed by atoms with Gasteiger partial charge in [-0.2, -0.15) is 0 Å². The lowest BCUT2D eigenvalue weighted by Gasteiger charge is -2.06. The lowest BCUT2D eigenvalue weighted by molar-refractivity contribution is -0.120. The highest BCUT2D eigenvalue weighted by atomic mass is 19.1. The van der Waals surface area contributed by atoms with Crippen LogP contribution in [0.1, 0.15) is 11.1 Å². The van der Waals surface area contributed by atoms with E-state index in [2.05, 4.69) is 10.3 Å². The number of nitrogens with one attached hydrogen (secondary N) is 2. The molecule has 0 saturated carbocycles. The highest BCUT2D eigenvalue weighted by Gasteiger charge is 2.07. The van der Waals surface area contributed by atoms with Crippen molar-refractivity contribution in [1.29, 1.82) is 0 Å². The number of carbonyl (C=O) groups excluding carboxylic acids is 1. The maximum Gasteiger partial charge on any atom is 0.253 e. The van der Waals surface area contributed by atoms with Crippen molar-refractivity contribution in [2.24, 2.45) is 0 Å². The number of benzene rings is 2. The third kappa shape index (κ3) is 3.65. The molecule has 122 valence electrons. The van der Waals surface area contributed by atoms with Gasteiger partial charge in [-0.3, -0.25) is 9.59 Å². The molecule has 3 rings (SSSR count). The third-order valence-electron chi connectivity index (χ3n) is 3.64. The van der Waals surface area contributed by atoms with Crippen molar-refractivity contribution in [1.82, 2.24) is 10.3 Å². The van der Waals surface area contributed by atoms with Crippen LogP contribution in [0.4, 0.5) is 8.78 Å². The summed E-state index contributed by atoms with van der Waals surface area (Å²) in [5, 5.41) is 3.33. The van der Waals surface area contributed by atoms with Crippen LogP contribution in [0.5, 0.6) is 0 Å². The second kappa shape index (κ2) is 6.62. The van der Waals surface area contributed by atoms with Crippen LogP contribution in [0.3, 0.4) is 0 Å². The first-order valence-corrected chi connectivity index (χ1v) is 7.34. The summed E-state index contributed by atoms with van der Waals surface area (Å²) in [6.45, 7) is 0.0582. The van der Waals surface area contributed by atoms with E-state index < -0.39 is 5.82 Å². The Bertz CT molecular complexity index is 949. The fourth-order valence-corrected chi connectivity index (χ4v) is 2.39. The third-order valence-corrected chi connectivity index (χ3v) is 3.64. The summed E-state index contributed by atoms with van der Waals surface area (Å²) in [5.41, 5.74) is 1.08. The van der Waals surface area contributed by atoms with Crippen molar-refractivity contribution in [2.75, 3.05) is 0 Å². The van der Waals surface area contributed by atoms with Crippen LogP contribution in [0, 0.1) is 11.6 Å². The zero-order valence-corrected chi connectivity index (χ0v) is 12.6. The van der Waals surface area contributed by atoms with Crippen LogP contribution in [0.15, 0.2) is 53.3 Å². The smallest absolute Gasteiger partial charge is 0.253 e. The van der Waals surface area contributed by atoms with E-state index in [1.54, 1.807) is 12.1 Å². The number of rotatable bonds is 4. The number of H-pyrrole nitrogens is 1. The van der Waals surface area contributed by atoms with E-state index in [1.165, 1.54) is 36.4 Å². The minimum Gasteiger partial charge on any atom is -0.352 e. The number of pyridine rings is 1. The number of fused-ring (bicyclic) bond motifs is 1. The molecule has 2 N–H and O–H groups in total. The Labute approximate surface area is 136 Å². The van der Waals surface area contributed by atoms with Gasteiger partial charge in [-0.1, -0.05) is 12.1 Å². The highest BCUT2D eigenvalue weighted by molar-refractivity contribution is 5.80. The van der Waals surface area contributed by atoms with Crippen LogP contribution in [-0.4, -0.2) is 10.9 Å². The second-order valence-corrected chi connectivity index (χ2v) is 5.44. The van der Waals surface area contributed by atoms with Gasteiger partial charge in [-0.15, -0.1) is 0 Å². The van der Waals surface area contributed by atoms with Crippen molar-refractivity contribution in [3.05, 3.63) is 81.6 Å². The summed E-state index contributed by atoms with van der Waals surface area (Å²) < 4.78 is 26.0. The molecule has 4 nitrogen and oxygen atoms in total. The SMILES string of the molecule is O=C(Cc1ccc(F)cc1)NCc1cc2ccc(F)cc2[nH]c1=O. The number of hydrogen-bond acceptors (Lipinski definition) is 2. The number of carbonyl (C=O) groups is 1. The average Bonchev–Trinajstić information content (AvgIpc) is 2.55. The molecule has 1 heterocycles. The van der Waals surface area contributed by atoms with Gasteiger partial charge < -0.3 is 10.3 Å². The molecule has 0 unspecified atom stereocenters. The Morgan fingerprint density at radius 3 is 2.46 bits per heavy atom. The largest absolute Gasteiger partial charge is 0.352 e. The maximum atomic E-state index is 13.2. The molecule has 0 saturated heterocycles. The first kappa shape index (κ1) is 15.9. The molecule has 2 aromatic carbocycles. The average molecular weight is 328 g/mol. The molecule has 0 spiro atoms. The predicted octanol–water partition coefficient (Wildman–Crippen LogP) is 2.67. The van der Waals surface area contributed by atoms with Gasteiger partial charge >= 0.3 is 0 Å². The van der Waals surface area contributed by atoms with Crippen LogP contribution in [-0.2, 0) is 17.8 Å². The standard InChI is InChI=1S/C18H14F2N2O2/c19-14-4-1-11(2-5-14)7-17(23)21-10-13-8-12-3-6-15(20)9-16(12)22-18(13)24/h1-6,8-9H,7,10H2,(H,21,23)(H,22,24). The molecule has 0 bridgehead atoms. The molecular weight excluding hydrogens is 314 g/mol. The van der Waals surface area contributed by atoms with Crippen LogP contribution < -0.4 is 10.9 Å². The minimum atomic E-state index is -0.432. The zero-order valence-electron chi connectivity index (χ0n) is 12.6. The second-order valence-electron chi connectivity index (χ2n) is 5.44. The molecule has 6 heteroatoms. The molecule has 0 aliphatic heterocycles. The Morgan fingerprint density at radius 1 is 1.00 bits per heavy atom. The van der Waals surface area contributed by atoms with Gasteiger partial charge in [0.2, 0.25) is 5.91 Å². The topological polar surface area (TPSA) is 62.0 Å². The normalized spacial score (nSPS) is 10.8. The van der Waals surface area contributed by atoms with Gasteiger partial charge in [0.15, 0.2) is 0 Å². The number of aromatic amines is 1. The Hall–Kier alpha value is -3.02. The lowest BCUT2D eigenvalue weighted by atomic mass is 10.1. The molecule has 0 aliphatic carbocycles. The zero-order chi connectivity index (χ0) is 17.1. The van der Waals surface area contributed by atoms with Crippen LogP contribution in [0.25, 0.3) is 10.9 Å². The van der Waals surface area contributed by atoms with E-state index >= 15 is 0 Å². The Balaban J connectivity index is 1.69. The number of hydrogen-bond donors (Lipinski definition) is 2. The molecule has 0 radical (unpaired) electrons. The highest BCUT2D eigenvalue weighted by Crippen LogP contribution is 2.12. The quantitative estimate of drug-likeness (QED) is 0.773. The molecule has 0 atom stereocenters. The van der Waals surface area contributed by atoms with Gasteiger partial charge in [0.25, 0.3) is 5.56 Å². The van der Waals surface area contributed by atoms with E-state index in [9.17, 15) is 18.4 Å². The summed E-state index contributed by atoms with van der Waals surface area (Å²) in [6.07, 6.45) is 0.0942. The van der Waals surface area contributed by atoms with Gasteiger partial charge in [-0.05, 0) is 47.3 Å². The predicted molar refractivity (Wildman–Crippen MR) is 86.5 cm³/mol. The van der Waals surface area contributed by atoms with Crippen molar-refractivity contribution < 1.29 is 13.6 Å². The van der Waals surface area contributed by atoms with Crippen molar-refractivity contribution in [3.63, 3.8) is 0 Å². The van der Waals surface area contributed by atoms with E-state index in [4.69, 9.17) is 0 Å². The van der Waals surface area contributed by atoms with Crippen LogP contribution in [0.2, 0.25) is 0 Å². The summed E-state index contributed by atoms with van der Waals surface area (Å²) in [5.74, 6) is -1.07. The minimum absolute atomic E-state index is 0.0582. The summed E-state index contributed by atoms with van der Waals surface area (Å²) in [4.78, 5) is 26.5. The van der Waals surface area contributed by atoms with Gasteiger partial charge in [0.05, 0.1) is 11.9 Å². The van der Waals surface area contributed by atoms with Gasteiger partial charge in [-0.25, -0.2) is 8.78 Å². The molecule has 0 aliphatic rings. The number of amides is 1. The molecule has 24 heavy (non-hydrogen) atoms. The lowest BCUT2D eigenvalue weighted by Crippen LogP contribution is -2.28. The number of aromatic nitrogens is 1.